The molecule has 5 nitrogen and oxygen atoms in total. The zero-order valence-corrected chi connectivity index (χ0v) is 15.9. The third-order valence-corrected chi connectivity index (χ3v) is 4.27. The summed E-state index contributed by atoms with van der Waals surface area (Å²) in [5.41, 5.74) is 0. The van der Waals surface area contributed by atoms with Gasteiger partial charge < -0.3 is 10.2 Å². The number of aliphatic hydroxyl groups is 2. The van der Waals surface area contributed by atoms with Crippen LogP contribution in [0.2, 0.25) is 0 Å². The van der Waals surface area contributed by atoms with E-state index in [2.05, 4.69) is 19.1 Å². The highest BCUT2D eigenvalue weighted by atomic mass is 16.3. The summed E-state index contributed by atoms with van der Waals surface area (Å²) in [4.78, 5) is 23.8. The summed E-state index contributed by atoms with van der Waals surface area (Å²) in [7, 11) is 0. The second-order valence-corrected chi connectivity index (χ2v) is 6.49. The maximum Gasteiger partial charge on any atom is 0.254 e. The zero-order valence-electron chi connectivity index (χ0n) is 15.9. The average molecular weight is 356 g/mol. The molecule has 0 radical (unpaired) electrons. The van der Waals surface area contributed by atoms with Crippen molar-refractivity contribution in [3.8, 4) is 0 Å². The smallest absolute Gasteiger partial charge is 0.254 e. The molecule has 0 unspecified atom stereocenters. The molecular weight excluding hydrogens is 318 g/mol. The maximum absolute atomic E-state index is 11.4. The number of amides is 2. The van der Waals surface area contributed by atoms with Gasteiger partial charge in [0.05, 0.1) is 0 Å². The van der Waals surface area contributed by atoms with Crippen molar-refractivity contribution in [3.63, 3.8) is 0 Å². The molecule has 0 spiro atoms. The van der Waals surface area contributed by atoms with E-state index in [9.17, 15) is 9.59 Å². The minimum Gasteiger partial charge on any atom is -0.387 e. The van der Waals surface area contributed by atoms with Crippen LogP contribution < -0.4 is 0 Å². The van der Waals surface area contributed by atoms with E-state index in [1.165, 1.54) is 44.9 Å². The molecule has 0 rings (SSSR count). The Morgan fingerprint density at radius 2 is 1.16 bits per heavy atom. The number of unbranched alkanes of at least 4 members (excludes halogenated alkanes) is 10. The van der Waals surface area contributed by atoms with Crippen molar-refractivity contribution in [1.82, 2.24) is 4.90 Å². The van der Waals surface area contributed by atoms with Crippen molar-refractivity contribution >= 4 is 11.8 Å². The van der Waals surface area contributed by atoms with Crippen LogP contribution >= 0.6 is 0 Å². The molecule has 0 bridgehead atoms. The van der Waals surface area contributed by atoms with Crippen LogP contribution in [0.5, 0.6) is 0 Å². The van der Waals surface area contributed by atoms with E-state index in [1.807, 2.05) is 0 Å². The molecule has 146 valence electrons. The summed E-state index contributed by atoms with van der Waals surface area (Å²) in [6, 6.07) is 0. The number of hydrogen-bond donors (Lipinski definition) is 2. The number of nitrogens with zero attached hydrogens (tertiary/aromatic N) is 1. The Kier molecular flexibility index (Phi) is 16.8. The van der Waals surface area contributed by atoms with Crippen LogP contribution in [-0.2, 0) is 9.59 Å². The first-order chi connectivity index (χ1) is 12.2. The van der Waals surface area contributed by atoms with Crippen molar-refractivity contribution < 1.29 is 19.8 Å². The number of rotatable bonds is 16. The molecule has 0 aromatic heterocycles. The quantitative estimate of drug-likeness (QED) is 0.328. The van der Waals surface area contributed by atoms with Crippen molar-refractivity contribution in [2.45, 2.75) is 84.0 Å². The molecule has 0 saturated carbocycles. The first-order valence-electron chi connectivity index (χ1n) is 9.87. The van der Waals surface area contributed by atoms with E-state index in [4.69, 9.17) is 10.2 Å². The van der Waals surface area contributed by atoms with E-state index in [1.54, 1.807) is 0 Å². The lowest BCUT2D eigenvalue weighted by Gasteiger charge is -2.18. The molecule has 0 aromatic rings. The van der Waals surface area contributed by atoms with Gasteiger partial charge in [-0.05, 0) is 32.1 Å². The highest BCUT2D eigenvalue weighted by Gasteiger charge is 2.18. The third-order valence-electron chi connectivity index (χ3n) is 4.27. The Hall–Kier alpha value is -1.20. The van der Waals surface area contributed by atoms with Gasteiger partial charge in [0.1, 0.15) is 13.2 Å². The number of allylic oxidation sites excluding steroid dienone is 2. The first kappa shape index (κ1) is 23.8. The standard InChI is InChI=1S/C20H37NO4/c1-2-3-4-5-6-7-8-9-10-11-12-13-14-15-16-21(19(24)17-22)20(25)18-23/h7-8,22-23H,2-6,9-18H2,1H3/b8-7-. The summed E-state index contributed by atoms with van der Waals surface area (Å²) in [5, 5.41) is 17.7. The molecular formula is C20H37NO4. The van der Waals surface area contributed by atoms with Gasteiger partial charge in [-0.3, -0.25) is 14.5 Å². The normalized spacial score (nSPS) is 11.2. The number of carbonyl (C=O) groups excluding carboxylic acids is 2. The fraction of sp³-hybridized carbons (Fsp3) is 0.800. The summed E-state index contributed by atoms with van der Waals surface area (Å²) in [6.45, 7) is 1.12. The van der Waals surface area contributed by atoms with E-state index in [0.29, 0.717) is 0 Å². The highest BCUT2D eigenvalue weighted by molar-refractivity contribution is 5.96. The molecule has 0 atom stereocenters. The molecule has 2 N–H and O–H groups in total. The van der Waals surface area contributed by atoms with Gasteiger partial charge >= 0.3 is 0 Å². The first-order valence-corrected chi connectivity index (χ1v) is 9.87. The van der Waals surface area contributed by atoms with Gasteiger partial charge in [-0.25, -0.2) is 0 Å². The molecule has 0 saturated heterocycles. The molecule has 5 heteroatoms. The van der Waals surface area contributed by atoms with Crippen molar-refractivity contribution in [1.29, 1.82) is 0 Å². The van der Waals surface area contributed by atoms with Crippen LogP contribution in [0.4, 0.5) is 0 Å². The van der Waals surface area contributed by atoms with Gasteiger partial charge in [0.2, 0.25) is 0 Å². The molecule has 0 aliphatic rings. The SMILES string of the molecule is CCCCCC/C=C\CCCCCCCCN(C(=O)CO)C(=O)CO. The van der Waals surface area contributed by atoms with Gasteiger partial charge in [0.25, 0.3) is 11.8 Å². The fourth-order valence-corrected chi connectivity index (χ4v) is 2.72. The van der Waals surface area contributed by atoms with E-state index >= 15 is 0 Å². The highest BCUT2D eigenvalue weighted by Crippen LogP contribution is 2.09. The fourth-order valence-electron chi connectivity index (χ4n) is 2.72. The summed E-state index contributed by atoms with van der Waals surface area (Å²) in [6.07, 6.45) is 18.5. The third kappa shape index (κ3) is 13.7. The Balaban J connectivity index is 3.52. The van der Waals surface area contributed by atoms with E-state index in [-0.39, 0.29) is 6.54 Å². The van der Waals surface area contributed by atoms with Crippen LogP contribution in [0, 0.1) is 0 Å². The second-order valence-electron chi connectivity index (χ2n) is 6.49. The largest absolute Gasteiger partial charge is 0.387 e. The van der Waals surface area contributed by atoms with Gasteiger partial charge in [-0.2, -0.15) is 0 Å². The van der Waals surface area contributed by atoms with Crippen LogP contribution in [0.25, 0.3) is 0 Å². The predicted octanol–water partition coefficient (Wildman–Crippen LogP) is 3.58. The minimum atomic E-state index is -0.697. The summed E-state index contributed by atoms with van der Waals surface area (Å²) in [5.74, 6) is -1.28. The van der Waals surface area contributed by atoms with Gasteiger partial charge in [0.15, 0.2) is 0 Å². The Morgan fingerprint density at radius 3 is 1.64 bits per heavy atom. The van der Waals surface area contributed by atoms with Crippen molar-refractivity contribution in [2.24, 2.45) is 0 Å². The van der Waals surface area contributed by atoms with Crippen LogP contribution in [-0.4, -0.2) is 46.7 Å². The number of hydrogen-bond acceptors (Lipinski definition) is 4. The Morgan fingerprint density at radius 1 is 0.720 bits per heavy atom. The van der Waals surface area contributed by atoms with Crippen LogP contribution in [0.3, 0.4) is 0 Å². The lowest BCUT2D eigenvalue weighted by molar-refractivity contribution is -0.148. The molecule has 0 fully saturated rings. The lowest BCUT2D eigenvalue weighted by Crippen LogP contribution is -2.41. The number of imide groups is 1. The topological polar surface area (TPSA) is 77.8 Å². The van der Waals surface area contributed by atoms with Crippen molar-refractivity contribution in [2.75, 3.05) is 19.8 Å². The summed E-state index contributed by atoms with van der Waals surface area (Å²) < 4.78 is 0. The van der Waals surface area contributed by atoms with Gasteiger partial charge in [-0.15, -0.1) is 0 Å². The molecule has 2 amide bonds. The van der Waals surface area contributed by atoms with E-state index in [0.717, 1.165) is 37.0 Å². The molecule has 0 aliphatic heterocycles. The van der Waals surface area contributed by atoms with Crippen LogP contribution in [0.15, 0.2) is 12.2 Å². The van der Waals surface area contributed by atoms with Crippen LogP contribution in [0.1, 0.15) is 84.0 Å². The van der Waals surface area contributed by atoms with E-state index < -0.39 is 25.0 Å². The molecule has 0 heterocycles. The second kappa shape index (κ2) is 17.6. The van der Waals surface area contributed by atoms with Gasteiger partial charge in [0, 0.05) is 6.54 Å². The number of aliphatic hydroxyl groups excluding tert-OH is 2. The predicted molar refractivity (Wildman–Crippen MR) is 101 cm³/mol. The van der Waals surface area contributed by atoms with Crippen molar-refractivity contribution in [3.05, 3.63) is 12.2 Å². The van der Waals surface area contributed by atoms with Gasteiger partial charge in [-0.1, -0.05) is 64.0 Å². The average Bonchev–Trinajstić information content (AvgIpc) is 2.63. The maximum atomic E-state index is 11.4. The lowest BCUT2D eigenvalue weighted by atomic mass is 10.1. The summed E-state index contributed by atoms with van der Waals surface area (Å²) >= 11 is 0. The zero-order chi connectivity index (χ0) is 18.8. The minimum absolute atomic E-state index is 0.277. The Labute approximate surface area is 153 Å². The molecule has 0 aromatic carbocycles. The number of carbonyl (C=O) groups is 2. The molecule has 25 heavy (non-hydrogen) atoms. The monoisotopic (exact) mass is 355 g/mol. The molecule has 0 aliphatic carbocycles. The Bertz CT molecular complexity index is 353.